The number of likely N-dealkylation sites (tertiary alicyclic amines) is 1. The second-order valence-corrected chi connectivity index (χ2v) is 7.08. The molecule has 2 aromatic heterocycles. The van der Waals surface area contributed by atoms with Gasteiger partial charge in [0.1, 0.15) is 23.4 Å². The van der Waals surface area contributed by atoms with Crippen molar-refractivity contribution >= 4 is 17.4 Å². The zero-order valence-corrected chi connectivity index (χ0v) is 16.5. The van der Waals surface area contributed by atoms with E-state index < -0.39 is 17.7 Å². The third-order valence-corrected chi connectivity index (χ3v) is 4.71. The van der Waals surface area contributed by atoms with Crippen molar-refractivity contribution < 1.29 is 19.1 Å². The van der Waals surface area contributed by atoms with Crippen molar-refractivity contribution in [2.45, 2.75) is 26.3 Å². The first-order valence-corrected chi connectivity index (χ1v) is 9.08. The first kappa shape index (κ1) is 19.8. The predicted molar refractivity (Wildman–Crippen MR) is 102 cm³/mol. The highest BCUT2D eigenvalue weighted by Crippen LogP contribution is 2.39. The number of aryl methyl sites for hydroxylation is 2. The highest BCUT2D eigenvalue weighted by Gasteiger charge is 2.47. The van der Waals surface area contributed by atoms with E-state index in [0.717, 1.165) is 6.54 Å². The molecule has 1 amide bonds. The standard InChI is InChI=1S/C20H24N4O4/c1-12-14(11-21-13(2)22-12)18(25)16-17(15-7-5-10-28-15)24(20(27)19(16)26)9-6-8-23(3)4/h5,7,10-11,17,25H,6,8-9H2,1-4H3/b18-16+/t17-/m1/s1. The molecular weight excluding hydrogens is 360 g/mol. The van der Waals surface area contributed by atoms with Gasteiger partial charge in [-0.3, -0.25) is 9.59 Å². The molecule has 3 heterocycles. The van der Waals surface area contributed by atoms with Crippen molar-refractivity contribution in [1.82, 2.24) is 19.8 Å². The summed E-state index contributed by atoms with van der Waals surface area (Å²) < 4.78 is 5.50. The second-order valence-electron chi connectivity index (χ2n) is 7.08. The van der Waals surface area contributed by atoms with Gasteiger partial charge in [0.05, 0.1) is 23.1 Å². The van der Waals surface area contributed by atoms with Crippen LogP contribution in [0.15, 0.2) is 34.6 Å². The van der Waals surface area contributed by atoms with Crippen LogP contribution in [0.4, 0.5) is 0 Å². The molecule has 1 saturated heterocycles. The zero-order chi connectivity index (χ0) is 20.4. The number of aromatic nitrogens is 2. The Kier molecular flexibility index (Phi) is 5.60. The molecule has 1 aliphatic heterocycles. The van der Waals surface area contributed by atoms with Gasteiger partial charge in [-0.25, -0.2) is 9.97 Å². The van der Waals surface area contributed by atoms with Crippen LogP contribution in [0, 0.1) is 13.8 Å². The molecule has 8 heteroatoms. The molecule has 8 nitrogen and oxygen atoms in total. The number of ketones is 1. The van der Waals surface area contributed by atoms with E-state index in [2.05, 4.69) is 9.97 Å². The molecule has 3 rings (SSSR count). The third-order valence-electron chi connectivity index (χ3n) is 4.71. The first-order valence-electron chi connectivity index (χ1n) is 9.08. The average molecular weight is 384 g/mol. The fraction of sp³-hybridized carbons (Fsp3) is 0.400. The van der Waals surface area contributed by atoms with Crippen LogP contribution >= 0.6 is 0 Å². The van der Waals surface area contributed by atoms with Crippen molar-refractivity contribution in [3.63, 3.8) is 0 Å². The Hall–Kier alpha value is -3.00. The number of Topliss-reactive ketones (excluding diaryl/α,β-unsaturated/α-hetero) is 1. The number of aliphatic hydroxyl groups is 1. The minimum atomic E-state index is -0.780. The van der Waals surface area contributed by atoms with Gasteiger partial charge in [-0.1, -0.05) is 0 Å². The summed E-state index contributed by atoms with van der Waals surface area (Å²) in [7, 11) is 3.89. The van der Waals surface area contributed by atoms with Gasteiger partial charge in [0.25, 0.3) is 11.7 Å². The molecule has 0 saturated carbocycles. The Bertz CT molecular complexity index is 918. The minimum absolute atomic E-state index is 0.000330. The Morgan fingerprint density at radius 1 is 1.32 bits per heavy atom. The van der Waals surface area contributed by atoms with Crippen molar-refractivity contribution in [1.29, 1.82) is 0 Å². The maximum atomic E-state index is 12.8. The summed E-state index contributed by atoms with van der Waals surface area (Å²) >= 11 is 0. The van der Waals surface area contributed by atoms with E-state index in [1.54, 1.807) is 26.0 Å². The lowest BCUT2D eigenvalue weighted by atomic mass is 9.99. The molecule has 1 fully saturated rings. The van der Waals surface area contributed by atoms with Crippen LogP contribution in [0.25, 0.3) is 5.76 Å². The van der Waals surface area contributed by atoms with Crippen LogP contribution in [0.1, 0.15) is 35.3 Å². The fourth-order valence-corrected chi connectivity index (χ4v) is 3.37. The molecule has 0 aliphatic carbocycles. The maximum absolute atomic E-state index is 12.8. The number of hydrogen-bond donors (Lipinski definition) is 1. The monoisotopic (exact) mass is 384 g/mol. The number of nitrogens with zero attached hydrogens (tertiary/aromatic N) is 4. The summed E-state index contributed by atoms with van der Waals surface area (Å²) in [5.41, 5.74) is 0.857. The second kappa shape index (κ2) is 7.93. The largest absolute Gasteiger partial charge is 0.507 e. The number of amides is 1. The molecule has 28 heavy (non-hydrogen) atoms. The van der Waals surface area contributed by atoms with Crippen molar-refractivity contribution in [2.24, 2.45) is 0 Å². The van der Waals surface area contributed by atoms with Gasteiger partial charge >= 0.3 is 0 Å². The van der Waals surface area contributed by atoms with Gasteiger partial charge in [0.2, 0.25) is 0 Å². The topological polar surface area (TPSA) is 99.8 Å². The van der Waals surface area contributed by atoms with Gasteiger partial charge < -0.3 is 19.3 Å². The summed E-state index contributed by atoms with van der Waals surface area (Å²) in [6.07, 6.45) is 3.63. The molecule has 1 atom stereocenters. The Balaban J connectivity index is 2.07. The molecule has 0 unspecified atom stereocenters. The van der Waals surface area contributed by atoms with Crippen molar-refractivity contribution in [3.8, 4) is 0 Å². The van der Waals surface area contributed by atoms with Gasteiger partial charge in [-0.15, -0.1) is 0 Å². The average Bonchev–Trinajstić information content (AvgIpc) is 3.23. The Labute approximate surface area is 163 Å². The van der Waals surface area contributed by atoms with Crippen molar-refractivity contribution in [3.05, 3.63) is 53.0 Å². The van der Waals surface area contributed by atoms with Gasteiger partial charge in [-0.05, 0) is 53.0 Å². The number of carbonyl (C=O) groups is 2. The fourth-order valence-electron chi connectivity index (χ4n) is 3.37. The van der Waals surface area contributed by atoms with Crippen molar-refractivity contribution in [2.75, 3.05) is 27.2 Å². The molecule has 1 N–H and O–H groups in total. The van der Waals surface area contributed by atoms with Crippen LogP contribution < -0.4 is 0 Å². The molecule has 0 radical (unpaired) electrons. The molecule has 1 aliphatic rings. The molecule has 0 spiro atoms. The highest BCUT2D eigenvalue weighted by atomic mass is 16.3. The lowest BCUT2D eigenvalue weighted by molar-refractivity contribution is -0.140. The lowest BCUT2D eigenvalue weighted by Gasteiger charge is -2.24. The van der Waals surface area contributed by atoms with E-state index >= 15 is 0 Å². The maximum Gasteiger partial charge on any atom is 0.295 e. The van der Waals surface area contributed by atoms with E-state index in [4.69, 9.17) is 4.42 Å². The molecular formula is C20H24N4O4. The lowest BCUT2D eigenvalue weighted by Crippen LogP contribution is -2.32. The van der Waals surface area contributed by atoms with Gasteiger partial charge in [0.15, 0.2) is 0 Å². The quantitative estimate of drug-likeness (QED) is 0.462. The van der Waals surface area contributed by atoms with E-state index in [0.29, 0.717) is 35.8 Å². The summed E-state index contributed by atoms with van der Waals surface area (Å²) in [5.74, 6) is -0.680. The Morgan fingerprint density at radius 3 is 2.68 bits per heavy atom. The third kappa shape index (κ3) is 3.68. The number of carbonyl (C=O) groups excluding carboxylic acids is 2. The molecule has 0 bridgehead atoms. The summed E-state index contributed by atoms with van der Waals surface area (Å²) in [5, 5.41) is 10.9. The SMILES string of the molecule is Cc1ncc(/C(O)=C2\C(=O)C(=O)N(CCCN(C)C)[C@@H]2c2ccco2)c(C)n1. The van der Waals surface area contributed by atoms with Gasteiger partial charge in [-0.2, -0.15) is 0 Å². The van der Waals surface area contributed by atoms with E-state index in [9.17, 15) is 14.7 Å². The highest BCUT2D eigenvalue weighted by molar-refractivity contribution is 6.46. The summed E-state index contributed by atoms with van der Waals surface area (Å²) in [6.45, 7) is 4.59. The van der Waals surface area contributed by atoms with E-state index in [1.807, 2.05) is 19.0 Å². The van der Waals surface area contributed by atoms with Crippen LogP contribution in [-0.2, 0) is 9.59 Å². The van der Waals surface area contributed by atoms with Gasteiger partial charge in [0, 0.05) is 12.7 Å². The summed E-state index contributed by atoms with van der Waals surface area (Å²) in [6, 6.07) is 2.61. The predicted octanol–water partition coefficient (Wildman–Crippen LogP) is 2.06. The number of aliphatic hydroxyl groups excluding tert-OH is 1. The first-order chi connectivity index (χ1) is 13.3. The number of furan rings is 1. The van der Waals surface area contributed by atoms with Crippen LogP contribution in [0.3, 0.4) is 0 Å². The van der Waals surface area contributed by atoms with E-state index in [-0.39, 0.29) is 11.3 Å². The normalized spacial score (nSPS) is 19.0. The van der Waals surface area contributed by atoms with Crippen LogP contribution in [-0.4, -0.2) is 63.7 Å². The zero-order valence-electron chi connectivity index (χ0n) is 16.5. The molecule has 0 aromatic carbocycles. The van der Waals surface area contributed by atoms with Crippen LogP contribution in [0.5, 0.6) is 0 Å². The number of rotatable bonds is 6. The number of hydrogen-bond acceptors (Lipinski definition) is 7. The molecule has 2 aromatic rings. The van der Waals surface area contributed by atoms with E-state index in [1.165, 1.54) is 17.4 Å². The smallest absolute Gasteiger partial charge is 0.295 e. The van der Waals surface area contributed by atoms with Crippen LogP contribution in [0.2, 0.25) is 0 Å². The minimum Gasteiger partial charge on any atom is -0.507 e. The Morgan fingerprint density at radius 2 is 2.07 bits per heavy atom. The summed E-state index contributed by atoms with van der Waals surface area (Å²) in [4.78, 5) is 37.3. The molecule has 148 valence electrons.